The van der Waals surface area contributed by atoms with Gasteiger partial charge in [0.25, 0.3) is 0 Å². The highest BCUT2D eigenvalue weighted by molar-refractivity contribution is 6.31. The Bertz CT molecular complexity index is 518. The van der Waals surface area contributed by atoms with Gasteiger partial charge in [-0.2, -0.15) is 0 Å². The van der Waals surface area contributed by atoms with Crippen LogP contribution < -0.4 is 10.2 Å². The molecule has 116 valence electrons. The SMILES string of the molecule is CC1(C)CN(c2ccc(CO)c(Cl)c2)[C@H]2CCCC[C@@H]2N1. The van der Waals surface area contributed by atoms with Crippen LogP contribution in [0.3, 0.4) is 0 Å². The lowest BCUT2D eigenvalue weighted by Crippen LogP contribution is -2.67. The van der Waals surface area contributed by atoms with Gasteiger partial charge in [0.1, 0.15) is 0 Å². The van der Waals surface area contributed by atoms with E-state index in [2.05, 4.69) is 30.1 Å². The van der Waals surface area contributed by atoms with Gasteiger partial charge in [0, 0.05) is 34.9 Å². The van der Waals surface area contributed by atoms with Crippen molar-refractivity contribution in [1.29, 1.82) is 0 Å². The maximum absolute atomic E-state index is 9.28. The first-order chi connectivity index (χ1) is 10.00. The van der Waals surface area contributed by atoms with Gasteiger partial charge >= 0.3 is 0 Å². The molecular formula is C17H25ClN2O. The monoisotopic (exact) mass is 308 g/mol. The third kappa shape index (κ3) is 3.05. The summed E-state index contributed by atoms with van der Waals surface area (Å²) in [6.07, 6.45) is 5.13. The topological polar surface area (TPSA) is 35.5 Å². The minimum atomic E-state index is -0.00177. The Morgan fingerprint density at radius 2 is 2.10 bits per heavy atom. The van der Waals surface area contributed by atoms with Crippen LogP contribution >= 0.6 is 11.6 Å². The second-order valence-electron chi connectivity index (χ2n) is 7.05. The zero-order chi connectivity index (χ0) is 15.0. The Hall–Kier alpha value is -0.770. The number of anilines is 1. The average Bonchev–Trinajstić information content (AvgIpc) is 2.45. The zero-order valence-corrected chi connectivity index (χ0v) is 13.7. The molecule has 1 aromatic rings. The smallest absolute Gasteiger partial charge is 0.0696 e. The van der Waals surface area contributed by atoms with E-state index < -0.39 is 0 Å². The molecule has 0 unspecified atom stereocenters. The fourth-order valence-electron chi connectivity index (χ4n) is 3.87. The highest BCUT2D eigenvalue weighted by atomic mass is 35.5. The molecule has 2 atom stereocenters. The Morgan fingerprint density at radius 3 is 2.81 bits per heavy atom. The molecule has 1 aromatic carbocycles. The zero-order valence-electron chi connectivity index (χ0n) is 12.9. The van der Waals surface area contributed by atoms with Crippen LogP contribution in [0.4, 0.5) is 5.69 Å². The largest absolute Gasteiger partial charge is 0.392 e. The van der Waals surface area contributed by atoms with Crippen LogP contribution in [0.2, 0.25) is 5.02 Å². The molecule has 2 aliphatic rings. The molecule has 1 saturated carbocycles. The van der Waals surface area contributed by atoms with Crippen molar-refractivity contribution in [2.75, 3.05) is 11.4 Å². The Morgan fingerprint density at radius 1 is 1.33 bits per heavy atom. The number of hydrogen-bond acceptors (Lipinski definition) is 3. The summed E-state index contributed by atoms with van der Waals surface area (Å²) in [5.41, 5.74) is 2.10. The highest BCUT2D eigenvalue weighted by Gasteiger charge is 2.40. The molecular weight excluding hydrogens is 284 g/mol. The number of nitrogens with zero attached hydrogens (tertiary/aromatic N) is 1. The maximum atomic E-state index is 9.28. The normalized spacial score (nSPS) is 28.3. The fourth-order valence-corrected chi connectivity index (χ4v) is 4.10. The summed E-state index contributed by atoms with van der Waals surface area (Å²) in [5, 5.41) is 13.8. The predicted molar refractivity (Wildman–Crippen MR) is 88.0 cm³/mol. The molecule has 3 rings (SSSR count). The van der Waals surface area contributed by atoms with E-state index in [0.29, 0.717) is 17.1 Å². The number of rotatable bonds is 2. The predicted octanol–water partition coefficient (Wildman–Crippen LogP) is 3.33. The number of aliphatic hydroxyl groups is 1. The number of halogens is 1. The van der Waals surface area contributed by atoms with Crippen LogP contribution in [0, 0.1) is 0 Å². The lowest BCUT2D eigenvalue weighted by Gasteiger charge is -2.52. The van der Waals surface area contributed by atoms with Crippen molar-refractivity contribution in [3.05, 3.63) is 28.8 Å². The van der Waals surface area contributed by atoms with E-state index in [4.69, 9.17) is 11.6 Å². The molecule has 4 heteroatoms. The fraction of sp³-hybridized carbons (Fsp3) is 0.647. The third-order valence-corrected chi connectivity index (χ3v) is 5.16. The van der Waals surface area contributed by atoms with Gasteiger partial charge in [0.15, 0.2) is 0 Å². The molecule has 0 aromatic heterocycles. The van der Waals surface area contributed by atoms with Gasteiger partial charge in [0.05, 0.1) is 6.61 Å². The number of nitrogens with one attached hydrogen (secondary N) is 1. The quantitative estimate of drug-likeness (QED) is 0.879. The van der Waals surface area contributed by atoms with Crippen LogP contribution in [0.15, 0.2) is 18.2 Å². The molecule has 1 heterocycles. The number of benzene rings is 1. The van der Waals surface area contributed by atoms with Gasteiger partial charge in [-0.15, -0.1) is 0 Å². The third-order valence-electron chi connectivity index (χ3n) is 4.81. The van der Waals surface area contributed by atoms with Gasteiger partial charge in [-0.3, -0.25) is 0 Å². The summed E-state index contributed by atoms with van der Waals surface area (Å²) in [7, 11) is 0. The van der Waals surface area contributed by atoms with Gasteiger partial charge < -0.3 is 15.3 Å². The van der Waals surface area contributed by atoms with E-state index in [0.717, 1.165) is 12.1 Å². The minimum absolute atomic E-state index is 0.00177. The number of piperazine rings is 1. The van der Waals surface area contributed by atoms with Crippen molar-refractivity contribution in [2.24, 2.45) is 0 Å². The maximum Gasteiger partial charge on any atom is 0.0696 e. The van der Waals surface area contributed by atoms with Gasteiger partial charge in [-0.05, 0) is 44.4 Å². The van der Waals surface area contributed by atoms with E-state index in [-0.39, 0.29) is 12.1 Å². The van der Waals surface area contributed by atoms with Gasteiger partial charge in [-0.25, -0.2) is 0 Å². The van der Waals surface area contributed by atoms with Crippen LogP contribution in [0.25, 0.3) is 0 Å². The van der Waals surface area contributed by atoms with Crippen molar-refractivity contribution < 1.29 is 5.11 Å². The molecule has 1 aliphatic heterocycles. The van der Waals surface area contributed by atoms with Crippen molar-refractivity contribution >= 4 is 17.3 Å². The summed E-state index contributed by atoms with van der Waals surface area (Å²) in [6, 6.07) is 7.19. The molecule has 2 N–H and O–H groups in total. The van der Waals surface area contributed by atoms with Gasteiger partial charge in [-0.1, -0.05) is 30.5 Å². The molecule has 1 aliphatic carbocycles. The highest BCUT2D eigenvalue weighted by Crippen LogP contribution is 2.35. The van der Waals surface area contributed by atoms with Crippen LogP contribution in [-0.2, 0) is 6.61 Å². The summed E-state index contributed by atoms with van der Waals surface area (Å²) in [5.74, 6) is 0. The number of hydrogen-bond donors (Lipinski definition) is 2. The van der Waals surface area contributed by atoms with E-state index in [1.807, 2.05) is 12.1 Å². The molecule has 1 saturated heterocycles. The van der Waals surface area contributed by atoms with Crippen molar-refractivity contribution in [3.8, 4) is 0 Å². The first-order valence-electron chi connectivity index (χ1n) is 7.94. The van der Waals surface area contributed by atoms with E-state index in [1.54, 1.807) is 0 Å². The molecule has 2 fully saturated rings. The summed E-state index contributed by atoms with van der Waals surface area (Å²) in [4.78, 5) is 2.52. The molecule has 0 bridgehead atoms. The van der Waals surface area contributed by atoms with E-state index in [9.17, 15) is 5.11 Å². The Kier molecular flexibility index (Phi) is 4.17. The molecule has 21 heavy (non-hydrogen) atoms. The van der Waals surface area contributed by atoms with E-state index >= 15 is 0 Å². The Labute approximate surface area is 132 Å². The molecule has 3 nitrogen and oxygen atoms in total. The van der Waals surface area contributed by atoms with Gasteiger partial charge in [0.2, 0.25) is 0 Å². The Balaban J connectivity index is 1.92. The number of fused-ring (bicyclic) bond motifs is 1. The first-order valence-corrected chi connectivity index (χ1v) is 8.31. The second kappa shape index (κ2) is 5.79. The minimum Gasteiger partial charge on any atom is -0.392 e. The van der Waals surface area contributed by atoms with Crippen molar-refractivity contribution in [3.63, 3.8) is 0 Å². The molecule has 0 spiro atoms. The van der Waals surface area contributed by atoms with Crippen LogP contribution in [-0.4, -0.2) is 29.3 Å². The lowest BCUT2D eigenvalue weighted by atomic mass is 9.83. The molecule has 0 amide bonds. The summed E-state index contributed by atoms with van der Waals surface area (Å²) >= 11 is 6.29. The van der Waals surface area contributed by atoms with Crippen molar-refractivity contribution in [1.82, 2.24) is 5.32 Å². The average molecular weight is 309 g/mol. The lowest BCUT2D eigenvalue weighted by molar-refractivity contribution is 0.199. The van der Waals surface area contributed by atoms with Crippen molar-refractivity contribution in [2.45, 2.75) is 63.8 Å². The number of aliphatic hydroxyl groups excluding tert-OH is 1. The summed E-state index contributed by atoms with van der Waals surface area (Å²) in [6.45, 7) is 5.53. The second-order valence-corrected chi connectivity index (χ2v) is 7.46. The summed E-state index contributed by atoms with van der Waals surface area (Å²) < 4.78 is 0. The van der Waals surface area contributed by atoms with Crippen LogP contribution in [0.5, 0.6) is 0 Å². The first kappa shape index (κ1) is 15.1. The standard InChI is InChI=1S/C17H25ClN2O/c1-17(2)11-20(16-6-4-3-5-15(16)19-17)13-8-7-12(10-21)14(18)9-13/h7-9,15-16,19,21H,3-6,10-11H2,1-2H3/t15-,16-/m0/s1. The van der Waals surface area contributed by atoms with Crippen LogP contribution in [0.1, 0.15) is 45.1 Å². The molecule has 0 radical (unpaired) electrons. The van der Waals surface area contributed by atoms with E-state index in [1.165, 1.54) is 31.4 Å².